The van der Waals surface area contributed by atoms with Gasteiger partial charge in [0.25, 0.3) is 5.56 Å². The van der Waals surface area contributed by atoms with Crippen molar-refractivity contribution < 1.29 is 17.9 Å². The van der Waals surface area contributed by atoms with Crippen molar-refractivity contribution in [3.8, 4) is 5.75 Å². The second kappa shape index (κ2) is 5.36. The van der Waals surface area contributed by atoms with Gasteiger partial charge in [-0.2, -0.15) is 0 Å². The standard InChI is InChI=1S/C14H16N2O5S/c1-20-11-5-3-4-9-13(11)14(17)16(8-15-9)10-6-22(18,19)7-12(10)21-2/h3-5,8,10,12H,6-7H2,1-2H3/t10-,12-/m1/s1. The van der Waals surface area contributed by atoms with Crippen LogP contribution in [0.2, 0.25) is 0 Å². The smallest absolute Gasteiger partial charge is 0.265 e. The maximum atomic E-state index is 12.8. The lowest BCUT2D eigenvalue weighted by molar-refractivity contribution is 0.0873. The third-order valence-electron chi connectivity index (χ3n) is 3.93. The Morgan fingerprint density at radius 1 is 1.27 bits per heavy atom. The van der Waals surface area contributed by atoms with Gasteiger partial charge < -0.3 is 9.47 Å². The second-order valence-corrected chi connectivity index (χ2v) is 7.38. The van der Waals surface area contributed by atoms with E-state index in [1.54, 1.807) is 18.2 Å². The first-order valence-corrected chi connectivity index (χ1v) is 8.56. The summed E-state index contributed by atoms with van der Waals surface area (Å²) in [6.07, 6.45) is 0.818. The van der Waals surface area contributed by atoms with Gasteiger partial charge in [-0.25, -0.2) is 13.4 Å². The molecule has 118 valence electrons. The number of benzene rings is 1. The van der Waals surface area contributed by atoms with Gasteiger partial charge in [-0.05, 0) is 12.1 Å². The zero-order chi connectivity index (χ0) is 15.9. The molecule has 0 aliphatic carbocycles. The van der Waals surface area contributed by atoms with Crippen molar-refractivity contribution in [3.05, 3.63) is 34.9 Å². The van der Waals surface area contributed by atoms with Crippen LogP contribution >= 0.6 is 0 Å². The lowest BCUT2D eigenvalue weighted by atomic mass is 10.2. The molecule has 0 saturated carbocycles. The molecule has 22 heavy (non-hydrogen) atoms. The van der Waals surface area contributed by atoms with Crippen molar-refractivity contribution >= 4 is 20.7 Å². The number of hydrogen-bond donors (Lipinski definition) is 0. The zero-order valence-electron chi connectivity index (χ0n) is 12.2. The first-order valence-electron chi connectivity index (χ1n) is 6.74. The highest BCUT2D eigenvalue weighted by molar-refractivity contribution is 7.91. The van der Waals surface area contributed by atoms with Gasteiger partial charge in [0.2, 0.25) is 0 Å². The van der Waals surface area contributed by atoms with Crippen LogP contribution < -0.4 is 10.3 Å². The average molecular weight is 324 g/mol. The van der Waals surface area contributed by atoms with Gasteiger partial charge in [0, 0.05) is 7.11 Å². The van der Waals surface area contributed by atoms with E-state index < -0.39 is 22.0 Å². The van der Waals surface area contributed by atoms with Crippen LogP contribution in [-0.4, -0.2) is 49.8 Å². The molecule has 8 heteroatoms. The van der Waals surface area contributed by atoms with Gasteiger partial charge >= 0.3 is 0 Å². The fourth-order valence-corrected chi connectivity index (χ4v) is 4.73. The van der Waals surface area contributed by atoms with Crippen molar-refractivity contribution in [2.45, 2.75) is 12.1 Å². The topological polar surface area (TPSA) is 87.5 Å². The largest absolute Gasteiger partial charge is 0.496 e. The van der Waals surface area contributed by atoms with Crippen LogP contribution in [0.5, 0.6) is 5.75 Å². The summed E-state index contributed by atoms with van der Waals surface area (Å²) in [5, 5.41) is 0.339. The van der Waals surface area contributed by atoms with Crippen molar-refractivity contribution in [2.75, 3.05) is 25.7 Å². The Morgan fingerprint density at radius 2 is 2.05 bits per heavy atom. The van der Waals surface area contributed by atoms with Gasteiger partial charge in [0.05, 0.1) is 42.6 Å². The minimum absolute atomic E-state index is 0.0927. The molecule has 2 aromatic rings. The van der Waals surface area contributed by atoms with Crippen LogP contribution in [0.15, 0.2) is 29.3 Å². The summed E-state index contributed by atoms with van der Waals surface area (Å²) >= 11 is 0. The number of fused-ring (bicyclic) bond motifs is 1. The van der Waals surface area contributed by atoms with E-state index in [0.29, 0.717) is 16.7 Å². The van der Waals surface area contributed by atoms with E-state index in [0.717, 1.165) is 0 Å². The minimum atomic E-state index is -3.23. The quantitative estimate of drug-likeness (QED) is 0.811. The number of methoxy groups -OCH3 is 2. The van der Waals surface area contributed by atoms with Crippen LogP contribution in [0.3, 0.4) is 0 Å². The predicted molar refractivity (Wildman–Crippen MR) is 81.0 cm³/mol. The highest BCUT2D eigenvalue weighted by Crippen LogP contribution is 2.27. The summed E-state index contributed by atoms with van der Waals surface area (Å²) in [4.78, 5) is 17.0. The third kappa shape index (κ3) is 2.38. The van der Waals surface area contributed by atoms with Gasteiger partial charge in [0.15, 0.2) is 9.84 Å². The van der Waals surface area contributed by atoms with Crippen LogP contribution in [0.4, 0.5) is 0 Å². The Morgan fingerprint density at radius 3 is 2.73 bits per heavy atom. The summed E-state index contributed by atoms with van der Waals surface area (Å²) in [5.74, 6) is 0.192. The summed E-state index contributed by atoms with van der Waals surface area (Å²) in [6.45, 7) is 0. The van der Waals surface area contributed by atoms with Crippen LogP contribution in [0, 0.1) is 0 Å². The molecule has 0 amide bonds. The first kappa shape index (κ1) is 15.0. The molecule has 1 aromatic carbocycles. The molecule has 1 fully saturated rings. The Labute approximate surface area is 127 Å². The SMILES string of the molecule is COc1cccc2ncn([C@@H]3CS(=O)(=O)C[C@H]3OC)c(=O)c12. The molecule has 2 heterocycles. The molecule has 1 aromatic heterocycles. The fraction of sp³-hybridized carbons (Fsp3) is 0.429. The Balaban J connectivity index is 2.20. The molecule has 0 bridgehead atoms. The maximum Gasteiger partial charge on any atom is 0.265 e. The molecule has 1 saturated heterocycles. The molecule has 0 radical (unpaired) electrons. The molecule has 1 aliphatic rings. The molecule has 0 N–H and O–H groups in total. The van der Waals surface area contributed by atoms with Gasteiger partial charge in [-0.1, -0.05) is 6.07 Å². The number of rotatable bonds is 3. The van der Waals surface area contributed by atoms with E-state index in [1.165, 1.54) is 25.1 Å². The summed E-state index contributed by atoms with van der Waals surface area (Å²) < 4.78 is 35.5. The van der Waals surface area contributed by atoms with Crippen molar-refractivity contribution in [1.29, 1.82) is 0 Å². The van der Waals surface area contributed by atoms with E-state index in [2.05, 4.69) is 4.98 Å². The lowest BCUT2D eigenvalue weighted by Crippen LogP contribution is -2.33. The second-order valence-electron chi connectivity index (χ2n) is 5.23. The van der Waals surface area contributed by atoms with E-state index >= 15 is 0 Å². The third-order valence-corrected chi connectivity index (χ3v) is 5.61. The Bertz CT molecular complexity index is 874. The molecule has 7 nitrogen and oxygen atoms in total. The van der Waals surface area contributed by atoms with E-state index in [9.17, 15) is 13.2 Å². The summed E-state index contributed by atoms with van der Waals surface area (Å²) in [7, 11) is -0.316. The molecule has 3 rings (SSSR count). The number of sulfone groups is 1. The van der Waals surface area contributed by atoms with E-state index in [-0.39, 0.29) is 17.1 Å². The number of hydrogen-bond acceptors (Lipinski definition) is 6. The molecular formula is C14H16N2O5S. The monoisotopic (exact) mass is 324 g/mol. The number of aromatic nitrogens is 2. The molecule has 1 aliphatic heterocycles. The van der Waals surface area contributed by atoms with E-state index in [1.807, 2.05) is 0 Å². The van der Waals surface area contributed by atoms with Gasteiger partial charge in [-0.15, -0.1) is 0 Å². The van der Waals surface area contributed by atoms with Crippen LogP contribution in [0.25, 0.3) is 10.9 Å². The molecule has 2 atom stereocenters. The number of ether oxygens (including phenoxy) is 2. The fourth-order valence-electron chi connectivity index (χ4n) is 2.84. The first-order chi connectivity index (χ1) is 10.5. The van der Waals surface area contributed by atoms with Crippen LogP contribution in [-0.2, 0) is 14.6 Å². The molecular weight excluding hydrogens is 308 g/mol. The normalized spacial score (nSPS) is 23.7. The van der Waals surface area contributed by atoms with Gasteiger partial charge in [-0.3, -0.25) is 9.36 Å². The average Bonchev–Trinajstić information content (AvgIpc) is 2.82. The van der Waals surface area contributed by atoms with Crippen LogP contribution in [0.1, 0.15) is 6.04 Å². The molecule has 0 unspecified atom stereocenters. The molecule has 0 spiro atoms. The van der Waals surface area contributed by atoms with Gasteiger partial charge in [0.1, 0.15) is 11.1 Å². The maximum absolute atomic E-state index is 12.8. The minimum Gasteiger partial charge on any atom is -0.496 e. The summed E-state index contributed by atoms with van der Waals surface area (Å²) in [5.41, 5.74) is 0.182. The van der Waals surface area contributed by atoms with E-state index in [4.69, 9.17) is 9.47 Å². The summed E-state index contributed by atoms with van der Waals surface area (Å²) in [6, 6.07) is 4.55. The Hall–Kier alpha value is -1.93. The zero-order valence-corrected chi connectivity index (χ0v) is 13.0. The predicted octanol–water partition coefficient (Wildman–Crippen LogP) is 0.390. The lowest BCUT2D eigenvalue weighted by Gasteiger charge is -2.19. The highest BCUT2D eigenvalue weighted by atomic mass is 32.2. The number of nitrogens with zero attached hydrogens (tertiary/aromatic N) is 2. The van der Waals surface area contributed by atoms with Crippen molar-refractivity contribution in [3.63, 3.8) is 0 Å². The van der Waals surface area contributed by atoms with Crippen molar-refractivity contribution in [2.24, 2.45) is 0 Å². The highest BCUT2D eigenvalue weighted by Gasteiger charge is 2.39. The van der Waals surface area contributed by atoms with Crippen molar-refractivity contribution in [1.82, 2.24) is 9.55 Å². The Kier molecular flexibility index (Phi) is 3.65.